The molecular formula is C23H36N2O4S. The number of aryl methyl sites for hydroxylation is 1. The van der Waals surface area contributed by atoms with E-state index in [-0.39, 0.29) is 11.8 Å². The minimum atomic E-state index is -3.04. The SMILES string of the molecule is CC(C)(C)OC(=O)N1CCC(CCCCCNc2ccc3c(c2)CCS3(=O)=O)CC1. The van der Waals surface area contributed by atoms with Gasteiger partial charge in [-0.15, -0.1) is 0 Å². The fraction of sp³-hybridized carbons (Fsp3) is 0.696. The number of carbonyl (C=O) groups is 1. The number of fused-ring (bicyclic) bond motifs is 1. The van der Waals surface area contributed by atoms with Crippen LogP contribution in [0.2, 0.25) is 0 Å². The number of sulfone groups is 1. The van der Waals surface area contributed by atoms with E-state index in [0.717, 1.165) is 50.1 Å². The zero-order valence-corrected chi connectivity index (χ0v) is 19.4. The molecule has 1 fully saturated rings. The summed E-state index contributed by atoms with van der Waals surface area (Å²) in [5, 5.41) is 3.42. The topological polar surface area (TPSA) is 75.7 Å². The number of ether oxygens (including phenoxy) is 1. The Morgan fingerprint density at radius 2 is 1.90 bits per heavy atom. The summed E-state index contributed by atoms with van der Waals surface area (Å²) in [7, 11) is -3.04. The van der Waals surface area contributed by atoms with E-state index in [1.165, 1.54) is 19.3 Å². The van der Waals surface area contributed by atoms with Crippen molar-refractivity contribution in [3.63, 3.8) is 0 Å². The maximum absolute atomic E-state index is 12.1. The van der Waals surface area contributed by atoms with Gasteiger partial charge in [-0.2, -0.15) is 0 Å². The van der Waals surface area contributed by atoms with E-state index < -0.39 is 15.4 Å². The number of likely N-dealkylation sites (tertiary alicyclic amines) is 1. The lowest BCUT2D eigenvalue weighted by atomic mass is 9.91. The molecular weight excluding hydrogens is 400 g/mol. The Balaban J connectivity index is 1.28. The third-order valence-corrected chi connectivity index (χ3v) is 7.73. The molecule has 1 aromatic rings. The van der Waals surface area contributed by atoms with Gasteiger partial charge in [-0.25, -0.2) is 13.2 Å². The first kappa shape index (κ1) is 22.9. The maximum Gasteiger partial charge on any atom is 0.410 e. The van der Waals surface area contributed by atoms with Crippen molar-refractivity contribution in [1.82, 2.24) is 4.90 Å². The largest absolute Gasteiger partial charge is 0.444 e. The van der Waals surface area contributed by atoms with Crippen molar-refractivity contribution in [2.75, 3.05) is 30.7 Å². The van der Waals surface area contributed by atoms with E-state index in [2.05, 4.69) is 5.32 Å². The molecule has 1 N–H and O–H groups in total. The highest BCUT2D eigenvalue weighted by Crippen LogP contribution is 2.28. The molecule has 2 aliphatic rings. The van der Waals surface area contributed by atoms with Gasteiger partial charge >= 0.3 is 6.09 Å². The van der Waals surface area contributed by atoms with Crippen molar-refractivity contribution in [2.45, 2.75) is 76.2 Å². The highest BCUT2D eigenvalue weighted by Gasteiger charge is 2.27. The molecule has 3 rings (SSSR count). The van der Waals surface area contributed by atoms with Gasteiger partial charge in [-0.3, -0.25) is 0 Å². The molecule has 0 aromatic heterocycles. The van der Waals surface area contributed by atoms with E-state index in [0.29, 0.717) is 17.2 Å². The fourth-order valence-corrected chi connectivity index (χ4v) is 5.79. The minimum absolute atomic E-state index is 0.184. The molecule has 0 bridgehead atoms. The van der Waals surface area contributed by atoms with Crippen molar-refractivity contribution >= 4 is 21.6 Å². The molecule has 0 spiro atoms. The maximum atomic E-state index is 12.1. The minimum Gasteiger partial charge on any atom is -0.444 e. The Kier molecular flexibility index (Phi) is 7.32. The van der Waals surface area contributed by atoms with E-state index in [9.17, 15) is 13.2 Å². The zero-order chi connectivity index (χ0) is 21.8. The smallest absolute Gasteiger partial charge is 0.410 e. The van der Waals surface area contributed by atoms with Crippen molar-refractivity contribution in [3.8, 4) is 0 Å². The second-order valence-corrected chi connectivity index (χ2v) is 11.7. The van der Waals surface area contributed by atoms with Gasteiger partial charge in [0, 0.05) is 25.3 Å². The molecule has 0 saturated carbocycles. The monoisotopic (exact) mass is 436 g/mol. The third-order valence-electron chi connectivity index (χ3n) is 5.92. The lowest BCUT2D eigenvalue weighted by molar-refractivity contribution is 0.0180. The summed E-state index contributed by atoms with van der Waals surface area (Å²) in [6.07, 6.45) is 7.28. The zero-order valence-electron chi connectivity index (χ0n) is 18.6. The number of carbonyl (C=O) groups excluding carboxylic acids is 1. The van der Waals surface area contributed by atoms with Crippen LogP contribution in [-0.4, -0.2) is 50.4 Å². The average molecular weight is 437 g/mol. The first-order valence-corrected chi connectivity index (χ1v) is 12.9. The van der Waals surface area contributed by atoms with Crippen LogP contribution in [0.4, 0.5) is 10.5 Å². The van der Waals surface area contributed by atoms with Crippen molar-refractivity contribution in [3.05, 3.63) is 23.8 Å². The lowest BCUT2D eigenvalue weighted by Gasteiger charge is -2.33. The molecule has 0 unspecified atom stereocenters. The highest BCUT2D eigenvalue weighted by molar-refractivity contribution is 7.91. The van der Waals surface area contributed by atoms with Gasteiger partial charge in [-0.1, -0.05) is 19.3 Å². The highest BCUT2D eigenvalue weighted by atomic mass is 32.2. The number of anilines is 1. The molecule has 1 amide bonds. The Morgan fingerprint density at radius 1 is 1.17 bits per heavy atom. The summed E-state index contributed by atoms with van der Waals surface area (Å²) in [4.78, 5) is 14.5. The summed E-state index contributed by atoms with van der Waals surface area (Å²) in [6, 6.07) is 5.60. The number of rotatable bonds is 7. The second-order valence-electron chi connectivity index (χ2n) is 9.58. The van der Waals surface area contributed by atoms with Gasteiger partial charge in [-0.05, 0) is 76.1 Å². The quantitative estimate of drug-likeness (QED) is 0.631. The number of benzene rings is 1. The van der Waals surface area contributed by atoms with Gasteiger partial charge in [0.15, 0.2) is 9.84 Å². The number of nitrogens with zero attached hydrogens (tertiary/aromatic N) is 1. The molecule has 0 aliphatic carbocycles. The number of hydrogen-bond acceptors (Lipinski definition) is 5. The molecule has 30 heavy (non-hydrogen) atoms. The van der Waals surface area contributed by atoms with Crippen LogP contribution < -0.4 is 5.32 Å². The van der Waals surface area contributed by atoms with Crippen LogP contribution >= 0.6 is 0 Å². The molecule has 0 radical (unpaired) electrons. The summed E-state index contributed by atoms with van der Waals surface area (Å²) >= 11 is 0. The average Bonchev–Trinajstić information content (AvgIpc) is 2.98. The van der Waals surface area contributed by atoms with Gasteiger partial charge in [0.25, 0.3) is 0 Å². The number of nitrogens with one attached hydrogen (secondary N) is 1. The first-order valence-electron chi connectivity index (χ1n) is 11.2. The van der Waals surface area contributed by atoms with Gasteiger partial charge in [0.1, 0.15) is 5.60 Å². The van der Waals surface area contributed by atoms with Crippen molar-refractivity contribution in [2.24, 2.45) is 5.92 Å². The summed E-state index contributed by atoms with van der Waals surface area (Å²) in [5.41, 5.74) is 1.53. The predicted molar refractivity (Wildman–Crippen MR) is 120 cm³/mol. The standard InChI is InChI=1S/C23H36N2O4S/c1-23(2,3)29-22(26)25-14-10-18(11-15-25)7-5-4-6-13-24-20-8-9-21-19(17-20)12-16-30(21,27)28/h8-9,17-18,24H,4-7,10-16H2,1-3H3. The lowest BCUT2D eigenvalue weighted by Crippen LogP contribution is -2.41. The Hall–Kier alpha value is -1.76. The van der Waals surface area contributed by atoms with Crippen molar-refractivity contribution < 1.29 is 17.9 Å². The summed E-state index contributed by atoms with van der Waals surface area (Å²) in [6.45, 7) is 8.22. The van der Waals surface area contributed by atoms with E-state index in [1.54, 1.807) is 6.07 Å². The van der Waals surface area contributed by atoms with Crippen LogP contribution in [-0.2, 0) is 21.0 Å². The second kappa shape index (κ2) is 9.58. The van der Waals surface area contributed by atoms with E-state index in [1.807, 2.05) is 37.8 Å². The first-order chi connectivity index (χ1) is 14.1. The number of piperidine rings is 1. The molecule has 2 heterocycles. The summed E-state index contributed by atoms with van der Waals surface area (Å²) in [5.74, 6) is 0.943. The molecule has 7 heteroatoms. The molecule has 1 saturated heterocycles. The van der Waals surface area contributed by atoms with Crippen LogP contribution in [0.15, 0.2) is 23.1 Å². The van der Waals surface area contributed by atoms with Gasteiger partial charge in [0.05, 0.1) is 10.6 Å². The molecule has 2 aliphatic heterocycles. The predicted octanol–water partition coefficient (Wildman–Crippen LogP) is 4.64. The van der Waals surface area contributed by atoms with Crippen LogP contribution in [0.1, 0.15) is 64.9 Å². The van der Waals surface area contributed by atoms with E-state index >= 15 is 0 Å². The molecule has 6 nitrogen and oxygen atoms in total. The number of unbranched alkanes of at least 4 members (excludes halogenated alkanes) is 2. The van der Waals surface area contributed by atoms with Crippen molar-refractivity contribution in [1.29, 1.82) is 0 Å². The number of amides is 1. The third kappa shape index (κ3) is 6.37. The Labute approximate surface area is 181 Å². The van der Waals surface area contributed by atoms with Crippen LogP contribution in [0.3, 0.4) is 0 Å². The molecule has 0 atom stereocenters. The van der Waals surface area contributed by atoms with E-state index in [4.69, 9.17) is 4.74 Å². The Morgan fingerprint density at radius 3 is 2.60 bits per heavy atom. The normalized spacial score (nSPS) is 18.8. The fourth-order valence-electron chi connectivity index (χ4n) is 4.24. The molecule has 1 aromatic carbocycles. The summed E-state index contributed by atoms with van der Waals surface area (Å²) < 4.78 is 29.2. The van der Waals surface area contributed by atoms with Gasteiger partial charge in [0.2, 0.25) is 0 Å². The number of hydrogen-bond donors (Lipinski definition) is 1. The van der Waals surface area contributed by atoms with Crippen LogP contribution in [0.25, 0.3) is 0 Å². The van der Waals surface area contributed by atoms with Gasteiger partial charge < -0.3 is 15.0 Å². The van der Waals surface area contributed by atoms with Crippen LogP contribution in [0, 0.1) is 5.92 Å². The Bertz CT molecular complexity index is 837. The molecule has 168 valence electrons. The van der Waals surface area contributed by atoms with Crippen LogP contribution in [0.5, 0.6) is 0 Å².